The molecule has 84 valence electrons. The molecular weight excluding hydrogens is 254 g/mol. The van der Waals surface area contributed by atoms with Crippen molar-refractivity contribution in [1.29, 1.82) is 0 Å². The lowest BCUT2D eigenvalue weighted by Gasteiger charge is -2.14. The molecule has 0 radical (unpaired) electrons. The molecule has 0 amide bonds. The molecule has 1 rings (SSSR count). The number of anilines is 1. The summed E-state index contributed by atoms with van der Waals surface area (Å²) in [6, 6.07) is 2.69. The Labute approximate surface area is 93.7 Å². The molecule has 1 aromatic rings. The fraction of sp³-hybridized carbons (Fsp3) is 0.250. The Bertz CT molecular complexity index is 368. The van der Waals surface area contributed by atoms with Crippen LogP contribution in [-0.2, 0) is 5.88 Å². The molecule has 0 saturated carbocycles. The van der Waals surface area contributed by atoms with Crippen LogP contribution in [0.5, 0.6) is 5.75 Å². The number of hydrogen-bond donors (Lipinski definition) is 1. The lowest BCUT2D eigenvalue weighted by Crippen LogP contribution is -2.18. The van der Waals surface area contributed by atoms with Gasteiger partial charge in [-0.15, -0.1) is 24.8 Å². The number of nitrogen functional groups attached to an aromatic ring is 1. The van der Waals surface area contributed by atoms with Crippen molar-refractivity contribution in [2.75, 3.05) is 5.73 Å². The predicted molar refractivity (Wildman–Crippen MR) is 52.1 cm³/mol. The average Bonchev–Trinajstić information content (AvgIpc) is 2.11. The summed E-state index contributed by atoms with van der Waals surface area (Å²) >= 11 is 11.1. The first-order chi connectivity index (χ1) is 6.85. The molecule has 0 atom stereocenters. The lowest BCUT2D eigenvalue weighted by atomic mass is 10.2. The Hall–Kier alpha value is -0.810. The molecule has 2 nitrogen and oxygen atoms in total. The van der Waals surface area contributed by atoms with Crippen LogP contribution in [-0.4, -0.2) is 6.36 Å². The Kier molecular flexibility index (Phi) is 3.57. The number of ether oxygens (including phenoxy) is 1. The van der Waals surface area contributed by atoms with E-state index in [1.165, 1.54) is 12.1 Å². The summed E-state index contributed by atoms with van der Waals surface area (Å²) in [5, 5.41) is -0.220. The van der Waals surface area contributed by atoms with Crippen LogP contribution >= 0.6 is 23.2 Å². The fourth-order valence-corrected chi connectivity index (χ4v) is 1.50. The second-order valence-electron chi connectivity index (χ2n) is 2.64. The molecule has 0 fully saturated rings. The van der Waals surface area contributed by atoms with Gasteiger partial charge in [0.1, 0.15) is 0 Å². The van der Waals surface area contributed by atoms with Crippen LogP contribution < -0.4 is 10.5 Å². The molecule has 0 heterocycles. The smallest absolute Gasteiger partial charge is 0.402 e. The second-order valence-corrected chi connectivity index (χ2v) is 3.28. The molecule has 15 heavy (non-hydrogen) atoms. The van der Waals surface area contributed by atoms with E-state index in [-0.39, 0.29) is 16.6 Å². The van der Waals surface area contributed by atoms with Gasteiger partial charge in [0.15, 0.2) is 5.75 Å². The summed E-state index contributed by atoms with van der Waals surface area (Å²) in [4.78, 5) is 0. The lowest BCUT2D eigenvalue weighted by molar-refractivity contribution is -0.274. The Morgan fingerprint density at radius 3 is 2.40 bits per heavy atom. The number of benzene rings is 1. The predicted octanol–water partition coefficient (Wildman–Crippen LogP) is 3.56. The zero-order chi connectivity index (χ0) is 11.6. The monoisotopic (exact) mass is 259 g/mol. The molecule has 0 bridgehead atoms. The maximum Gasteiger partial charge on any atom is 0.573 e. The highest BCUT2D eigenvalue weighted by atomic mass is 35.5. The van der Waals surface area contributed by atoms with Gasteiger partial charge in [0.25, 0.3) is 0 Å². The SMILES string of the molecule is Nc1ccc(CCl)c(Cl)c1OC(F)(F)F. The molecule has 7 heteroatoms. The van der Waals surface area contributed by atoms with Gasteiger partial charge < -0.3 is 10.5 Å². The Balaban J connectivity index is 3.15. The first kappa shape index (κ1) is 12.3. The standard InChI is InChI=1S/C8H6Cl2F3NO/c9-3-4-1-2-5(14)7(6(4)10)15-8(11,12)13/h1-2H,3,14H2. The molecule has 0 aliphatic heterocycles. The van der Waals surface area contributed by atoms with Gasteiger partial charge in [-0.25, -0.2) is 0 Å². The van der Waals surface area contributed by atoms with Crippen LogP contribution in [0.25, 0.3) is 0 Å². The van der Waals surface area contributed by atoms with Gasteiger partial charge in [0, 0.05) is 5.88 Å². The highest BCUT2D eigenvalue weighted by Gasteiger charge is 2.33. The third kappa shape index (κ3) is 3.07. The van der Waals surface area contributed by atoms with Crippen molar-refractivity contribution in [2.45, 2.75) is 12.2 Å². The van der Waals surface area contributed by atoms with Gasteiger partial charge >= 0.3 is 6.36 Å². The third-order valence-corrected chi connectivity index (χ3v) is 2.27. The van der Waals surface area contributed by atoms with Crippen molar-refractivity contribution >= 4 is 28.9 Å². The van der Waals surface area contributed by atoms with E-state index in [0.717, 1.165) is 0 Å². The molecule has 0 aromatic heterocycles. The molecule has 0 aliphatic carbocycles. The molecule has 2 N–H and O–H groups in total. The summed E-state index contributed by atoms with van der Waals surface area (Å²) < 4.78 is 39.6. The van der Waals surface area contributed by atoms with Gasteiger partial charge in [-0.3, -0.25) is 0 Å². The van der Waals surface area contributed by atoms with Crippen LogP contribution in [0.3, 0.4) is 0 Å². The van der Waals surface area contributed by atoms with Crippen LogP contribution in [0.1, 0.15) is 5.56 Å². The summed E-state index contributed by atoms with van der Waals surface area (Å²) in [5.74, 6) is -0.629. The average molecular weight is 260 g/mol. The normalized spacial score (nSPS) is 11.5. The first-order valence-electron chi connectivity index (χ1n) is 3.73. The van der Waals surface area contributed by atoms with E-state index >= 15 is 0 Å². The molecule has 0 unspecified atom stereocenters. The molecular formula is C8H6Cl2F3NO. The van der Waals surface area contributed by atoms with E-state index in [2.05, 4.69) is 4.74 Å². The first-order valence-corrected chi connectivity index (χ1v) is 4.65. The topological polar surface area (TPSA) is 35.2 Å². The number of halogens is 5. The zero-order valence-corrected chi connectivity index (χ0v) is 8.75. The van der Waals surface area contributed by atoms with Crippen LogP contribution in [0.4, 0.5) is 18.9 Å². The van der Waals surface area contributed by atoms with Gasteiger partial charge in [-0.2, -0.15) is 0 Å². The molecule has 0 aliphatic rings. The second kappa shape index (κ2) is 4.37. The van der Waals surface area contributed by atoms with Crippen molar-refractivity contribution in [3.05, 3.63) is 22.7 Å². The summed E-state index contributed by atoms with van der Waals surface area (Å²) in [6.07, 6.45) is -4.83. The number of hydrogen-bond acceptors (Lipinski definition) is 2. The van der Waals surface area contributed by atoms with E-state index in [4.69, 9.17) is 28.9 Å². The number of nitrogens with two attached hydrogens (primary N) is 1. The molecule has 0 saturated heterocycles. The maximum atomic E-state index is 12.0. The minimum atomic E-state index is -4.83. The Morgan fingerprint density at radius 1 is 1.33 bits per heavy atom. The van der Waals surface area contributed by atoms with E-state index < -0.39 is 12.1 Å². The van der Waals surface area contributed by atoms with Crippen molar-refractivity contribution in [3.63, 3.8) is 0 Å². The summed E-state index contributed by atoms with van der Waals surface area (Å²) in [7, 11) is 0. The third-order valence-electron chi connectivity index (χ3n) is 1.57. The fourth-order valence-electron chi connectivity index (χ4n) is 0.934. The summed E-state index contributed by atoms with van der Waals surface area (Å²) in [6.45, 7) is 0. The maximum absolute atomic E-state index is 12.0. The summed E-state index contributed by atoms with van der Waals surface area (Å²) in [5.41, 5.74) is 5.44. The van der Waals surface area contributed by atoms with E-state index in [1.807, 2.05) is 0 Å². The quantitative estimate of drug-likeness (QED) is 0.651. The largest absolute Gasteiger partial charge is 0.573 e. The Morgan fingerprint density at radius 2 is 1.93 bits per heavy atom. The van der Waals surface area contributed by atoms with E-state index in [9.17, 15) is 13.2 Å². The van der Waals surface area contributed by atoms with Gasteiger partial charge in [0.05, 0.1) is 10.7 Å². The van der Waals surface area contributed by atoms with Crippen molar-refractivity contribution < 1.29 is 17.9 Å². The molecule has 1 aromatic carbocycles. The van der Waals surface area contributed by atoms with Crippen LogP contribution in [0.2, 0.25) is 5.02 Å². The minimum Gasteiger partial charge on any atom is -0.402 e. The zero-order valence-electron chi connectivity index (χ0n) is 7.24. The highest BCUT2D eigenvalue weighted by molar-refractivity contribution is 6.34. The van der Waals surface area contributed by atoms with Crippen molar-refractivity contribution in [3.8, 4) is 5.75 Å². The van der Waals surface area contributed by atoms with E-state index in [1.54, 1.807) is 0 Å². The number of rotatable bonds is 2. The van der Waals surface area contributed by atoms with Gasteiger partial charge in [-0.1, -0.05) is 17.7 Å². The van der Waals surface area contributed by atoms with E-state index in [0.29, 0.717) is 5.56 Å². The van der Waals surface area contributed by atoms with Crippen molar-refractivity contribution in [1.82, 2.24) is 0 Å². The van der Waals surface area contributed by atoms with Gasteiger partial charge in [0.2, 0.25) is 0 Å². The molecule has 0 spiro atoms. The van der Waals surface area contributed by atoms with Crippen LogP contribution in [0, 0.1) is 0 Å². The minimum absolute atomic E-state index is 0.0205. The highest BCUT2D eigenvalue weighted by Crippen LogP contribution is 2.38. The van der Waals surface area contributed by atoms with Crippen molar-refractivity contribution in [2.24, 2.45) is 0 Å². The number of alkyl halides is 4. The van der Waals surface area contributed by atoms with Crippen LogP contribution in [0.15, 0.2) is 12.1 Å². The van der Waals surface area contributed by atoms with Gasteiger partial charge in [-0.05, 0) is 11.6 Å².